The second-order valence-electron chi connectivity index (χ2n) is 5.70. The first-order valence-corrected chi connectivity index (χ1v) is 9.12. The lowest BCUT2D eigenvalue weighted by Gasteiger charge is -2.20. The monoisotopic (exact) mass is 421 g/mol. The number of carboxylic acid groups (broad SMARTS) is 1. The number of carbonyl (C=O) groups excluding carboxylic acids is 1. The summed E-state index contributed by atoms with van der Waals surface area (Å²) in [5, 5.41) is 20.0. The molecule has 0 saturated carbocycles. The Labute approximate surface area is 166 Å². The van der Waals surface area contributed by atoms with Gasteiger partial charge >= 0.3 is 12.1 Å². The number of ether oxygens (including phenoxy) is 1. The Bertz CT molecular complexity index is 668. The Morgan fingerprint density at radius 1 is 1.30 bits per heavy atom. The number of aliphatic carboxylic acids is 1. The van der Waals surface area contributed by atoms with Crippen molar-refractivity contribution in [2.24, 2.45) is 5.73 Å². The molecule has 0 saturated heterocycles. The van der Waals surface area contributed by atoms with E-state index in [0.29, 0.717) is 5.56 Å². The van der Waals surface area contributed by atoms with E-state index in [1.54, 1.807) is 0 Å². The number of nitrogens with two attached hydrogens (primary N) is 1. The summed E-state index contributed by atoms with van der Waals surface area (Å²) in [4.78, 5) is 34.7. The summed E-state index contributed by atoms with van der Waals surface area (Å²) in [5.41, 5.74) is 6.36. The summed E-state index contributed by atoms with van der Waals surface area (Å²) >= 11 is 11.3. The van der Waals surface area contributed by atoms with E-state index in [2.05, 4.69) is 0 Å². The normalized spacial score (nSPS) is 11.7. The Balaban J connectivity index is 2.86. The molecule has 0 spiro atoms. The van der Waals surface area contributed by atoms with Crippen molar-refractivity contribution in [3.63, 3.8) is 0 Å². The van der Waals surface area contributed by atoms with Gasteiger partial charge in [0.2, 0.25) is 0 Å². The second-order valence-corrected chi connectivity index (χ2v) is 6.46. The van der Waals surface area contributed by atoms with Crippen LogP contribution < -0.4 is 5.73 Å². The number of carbonyl (C=O) groups is 2. The van der Waals surface area contributed by atoms with Gasteiger partial charge in [-0.05, 0) is 24.1 Å². The number of benzene rings is 1. The van der Waals surface area contributed by atoms with Gasteiger partial charge in [-0.25, -0.2) is 4.79 Å². The van der Waals surface area contributed by atoms with Gasteiger partial charge in [-0.3, -0.25) is 14.9 Å². The number of nitro groups is 1. The second kappa shape index (κ2) is 11.6. The molecule has 150 valence electrons. The third kappa shape index (κ3) is 7.98. The van der Waals surface area contributed by atoms with E-state index in [-0.39, 0.29) is 55.5 Å². The fraction of sp³-hybridized carbons (Fsp3) is 0.500. The van der Waals surface area contributed by atoms with Crippen LogP contribution in [-0.2, 0) is 22.6 Å². The summed E-state index contributed by atoms with van der Waals surface area (Å²) in [6, 6.07) is 3.45. The van der Waals surface area contributed by atoms with E-state index in [4.69, 9.17) is 38.8 Å². The molecule has 0 radical (unpaired) electrons. The van der Waals surface area contributed by atoms with Crippen molar-refractivity contribution in [1.29, 1.82) is 0 Å². The van der Waals surface area contributed by atoms with Crippen molar-refractivity contribution in [2.45, 2.75) is 25.5 Å². The molecule has 0 unspecified atom stereocenters. The lowest BCUT2D eigenvalue weighted by molar-refractivity contribution is -0.385. The summed E-state index contributed by atoms with van der Waals surface area (Å²) in [6.45, 7) is 0.449. The highest BCUT2D eigenvalue weighted by atomic mass is 35.5. The topological polar surface area (TPSA) is 136 Å². The van der Waals surface area contributed by atoms with Gasteiger partial charge < -0.3 is 20.5 Å². The van der Waals surface area contributed by atoms with Crippen molar-refractivity contribution in [2.75, 3.05) is 24.8 Å². The van der Waals surface area contributed by atoms with Crippen molar-refractivity contribution in [3.05, 3.63) is 39.4 Å². The Kier molecular flexibility index (Phi) is 9.84. The van der Waals surface area contributed by atoms with E-state index in [1.807, 2.05) is 0 Å². The number of halogens is 2. The SMILES string of the molecule is N[C@H](CC(=O)O)Cc1cc(COC(=O)N(CCCl)CCCl)ccc1[N+](=O)[O-]. The van der Waals surface area contributed by atoms with E-state index in [0.717, 1.165) is 0 Å². The third-order valence-corrected chi connectivity index (χ3v) is 3.93. The van der Waals surface area contributed by atoms with Crippen LogP contribution in [0.15, 0.2) is 18.2 Å². The first-order valence-electron chi connectivity index (χ1n) is 8.05. The summed E-state index contributed by atoms with van der Waals surface area (Å²) in [5.74, 6) is -0.626. The molecule has 1 atom stereocenters. The molecule has 0 heterocycles. The number of nitrogens with zero attached hydrogens (tertiary/aromatic N) is 2. The zero-order chi connectivity index (χ0) is 20.4. The van der Waals surface area contributed by atoms with E-state index < -0.39 is 23.0 Å². The lowest BCUT2D eigenvalue weighted by atomic mass is 10.0. The minimum Gasteiger partial charge on any atom is -0.481 e. The Morgan fingerprint density at radius 3 is 2.44 bits per heavy atom. The van der Waals surface area contributed by atoms with E-state index in [1.165, 1.54) is 23.1 Å². The van der Waals surface area contributed by atoms with Crippen molar-refractivity contribution >= 4 is 41.0 Å². The van der Waals surface area contributed by atoms with Crippen LogP contribution in [0.25, 0.3) is 0 Å². The molecule has 1 rings (SSSR count). The highest BCUT2D eigenvalue weighted by molar-refractivity contribution is 6.18. The van der Waals surface area contributed by atoms with Gasteiger partial charge in [-0.1, -0.05) is 0 Å². The molecule has 11 heteroatoms. The van der Waals surface area contributed by atoms with Crippen LogP contribution in [0.1, 0.15) is 17.5 Å². The summed E-state index contributed by atoms with van der Waals surface area (Å²) in [7, 11) is 0. The van der Waals surface area contributed by atoms with E-state index in [9.17, 15) is 19.7 Å². The minimum atomic E-state index is -1.09. The number of alkyl halides is 2. The Morgan fingerprint density at radius 2 is 1.93 bits per heavy atom. The van der Waals surface area contributed by atoms with Crippen LogP contribution >= 0.6 is 23.2 Å². The first kappa shape index (κ1) is 22.9. The Hall–Kier alpha value is -2.10. The minimum absolute atomic E-state index is 0.00895. The van der Waals surface area contributed by atoms with Crippen molar-refractivity contribution < 1.29 is 24.4 Å². The number of carboxylic acids is 1. The molecule has 0 aliphatic rings. The molecule has 9 nitrogen and oxygen atoms in total. The highest BCUT2D eigenvalue weighted by Crippen LogP contribution is 2.22. The maximum atomic E-state index is 12.0. The number of amides is 1. The highest BCUT2D eigenvalue weighted by Gasteiger charge is 2.19. The lowest BCUT2D eigenvalue weighted by Crippen LogP contribution is -2.34. The molecule has 0 bridgehead atoms. The number of hydrogen-bond acceptors (Lipinski definition) is 6. The maximum Gasteiger partial charge on any atom is 0.410 e. The van der Waals surface area contributed by atoms with Gasteiger partial charge in [0.25, 0.3) is 5.69 Å². The average molecular weight is 422 g/mol. The first-order chi connectivity index (χ1) is 12.8. The van der Waals surface area contributed by atoms with Crippen molar-refractivity contribution in [1.82, 2.24) is 4.90 Å². The van der Waals surface area contributed by atoms with Gasteiger partial charge in [0.15, 0.2) is 0 Å². The molecular formula is C16H21Cl2N3O6. The number of hydrogen-bond donors (Lipinski definition) is 2. The molecule has 0 fully saturated rings. The average Bonchev–Trinajstić information content (AvgIpc) is 2.58. The maximum absolute atomic E-state index is 12.0. The standard InChI is InChI=1S/C16H21Cl2N3O6/c17-3-5-20(6-4-18)16(24)27-10-11-1-2-14(21(25)26)12(7-11)8-13(19)9-15(22)23/h1-2,7,13H,3-6,8-10,19H2,(H,22,23)/t13-/m0/s1. The van der Waals surface area contributed by atoms with Crippen LogP contribution in [0.2, 0.25) is 0 Å². The smallest absolute Gasteiger partial charge is 0.410 e. The molecular weight excluding hydrogens is 401 g/mol. The zero-order valence-electron chi connectivity index (χ0n) is 14.5. The molecule has 27 heavy (non-hydrogen) atoms. The predicted octanol–water partition coefficient (Wildman–Crippen LogP) is 2.36. The number of nitro benzene ring substituents is 1. The predicted molar refractivity (Wildman–Crippen MR) is 100 cm³/mol. The number of rotatable bonds is 11. The fourth-order valence-electron chi connectivity index (χ4n) is 2.38. The van der Waals surface area contributed by atoms with Gasteiger partial charge in [0, 0.05) is 42.5 Å². The summed E-state index contributed by atoms with van der Waals surface area (Å²) in [6.07, 6.45) is -0.907. The molecule has 0 aliphatic heterocycles. The molecule has 3 N–H and O–H groups in total. The van der Waals surface area contributed by atoms with Gasteiger partial charge in [-0.15, -0.1) is 23.2 Å². The van der Waals surface area contributed by atoms with Crippen LogP contribution in [0, 0.1) is 10.1 Å². The van der Waals surface area contributed by atoms with E-state index >= 15 is 0 Å². The van der Waals surface area contributed by atoms with Gasteiger partial charge in [0.1, 0.15) is 6.61 Å². The largest absolute Gasteiger partial charge is 0.481 e. The molecule has 1 aromatic rings. The fourth-order valence-corrected chi connectivity index (χ4v) is 2.79. The third-order valence-electron chi connectivity index (χ3n) is 3.59. The quantitative estimate of drug-likeness (QED) is 0.317. The van der Waals surface area contributed by atoms with Crippen LogP contribution in [0.3, 0.4) is 0 Å². The van der Waals surface area contributed by atoms with Crippen LogP contribution in [0.5, 0.6) is 0 Å². The molecule has 1 amide bonds. The summed E-state index contributed by atoms with van der Waals surface area (Å²) < 4.78 is 5.19. The zero-order valence-corrected chi connectivity index (χ0v) is 16.0. The van der Waals surface area contributed by atoms with Gasteiger partial charge in [-0.2, -0.15) is 0 Å². The van der Waals surface area contributed by atoms with Crippen molar-refractivity contribution in [3.8, 4) is 0 Å². The van der Waals surface area contributed by atoms with Crippen LogP contribution in [-0.4, -0.2) is 57.9 Å². The van der Waals surface area contributed by atoms with Gasteiger partial charge in [0.05, 0.1) is 11.3 Å². The van der Waals surface area contributed by atoms with Crippen LogP contribution in [0.4, 0.5) is 10.5 Å². The molecule has 0 aliphatic carbocycles. The molecule has 0 aromatic heterocycles. The molecule has 1 aromatic carbocycles.